The predicted molar refractivity (Wildman–Crippen MR) is 165 cm³/mol. The topological polar surface area (TPSA) is 132 Å². The SMILES string of the molecule is Cc1cc(-c2cccnc2C(F)(F)F)cc2c3c(N)ncnc3n(CC(=O)N3C(C(=O)Nc4cccc(Br)n4)C[C@@]4(C)C[C@H]34)c12. The number of piperidine rings is 1. The van der Waals surface area contributed by atoms with Crippen LogP contribution in [-0.2, 0) is 22.3 Å². The highest BCUT2D eigenvalue weighted by Crippen LogP contribution is 2.59. The molecule has 0 bridgehead atoms. The van der Waals surface area contributed by atoms with Gasteiger partial charge in [0.05, 0.1) is 10.9 Å². The molecular formula is C31H26BrF3N8O2. The molecule has 2 aliphatic rings. The third-order valence-corrected chi connectivity index (χ3v) is 9.27. The fourth-order valence-electron chi connectivity index (χ4n) is 6.72. The largest absolute Gasteiger partial charge is 0.433 e. The Balaban J connectivity index is 1.29. The van der Waals surface area contributed by atoms with Gasteiger partial charge in [-0.1, -0.05) is 19.1 Å². The van der Waals surface area contributed by atoms with Gasteiger partial charge >= 0.3 is 6.18 Å². The summed E-state index contributed by atoms with van der Waals surface area (Å²) in [4.78, 5) is 45.7. The Morgan fingerprint density at radius 1 is 1.13 bits per heavy atom. The van der Waals surface area contributed by atoms with Gasteiger partial charge in [0.25, 0.3) is 0 Å². The molecule has 5 heterocycles. The molecular weight excluding hydrogens is 653 g/mol. The van der Waals surface area contributed by atoms with E-state index in [1.807, 2.05) is 0 Å². The van der Waals surface area contributed by atoms with Crippen molar-refractivity contribution in [2.45, 2.75) is 51.5 Å². The number of likely N-dealkylation sites (tertiary alicyclic amines) is 1. The van der Waals surface area contributed by atoms with Gasteiger partial charge in [0.1, 0.15) is 40.8 Å². The summed E-state index contributed by atoms with van der Waals surface area (Å²) in [5.41, 5.74) is 6.91. The lowest BCUT2D eigenvalue weighted by Gasteiger charge is -2.27. The molecule has 0 radical (unpaired) electrons. The van der Waals surface area contributed by atoms with E-state index in [9.17, 15) is 22.8 Å². The number of pyridine rings is 2. The van der Waals surface area contributed by atoms with Gasteiger partial charge < -0.3 is 20.5 Å². The van der Waals surface area contributed by atoms with Crippen LogP contribution in [0.1, 0.15) is 31.0 Å². The van der Waals surface area contributed by atoms with Crippen molar-refractivity contribution in [2.75, 3.05) is 11.1 Å². The zero-order valence-corrected chi connectivity index (χ0v) is 25.6. The molecule has 1 aliphatic heterocycles. The standard InChI is InChI=1S/C31H26BrF3N8O2/c1-15-9-16(17-5-4-8-37-26(17)31(33,34)35)10-18-24-27(36)38-14-39-28(24)42(25(15)18)13-23(44)43-19(11-30(2)12-20(30)43)29(45)41-22-7-3-6-21(32)40-22/h3-10,14,19-20H,11-13H2,1-2H3,(H2,36,38,39)(H,40,41,45)/t19?,20-,30-/m0/s1. The molecule has 14 heteroatoms. The van der Waals surface area contributed by atoms with Crippen molar-refractivity contribution < 1.29 is 22.8 Å². The summed E-state index contributed by atoms with van der Waals surface area (Å²) in [6, 6.07) is 10.4. The smallest absolute Gasteiger partial charge is 0.383 e. The van der Waals surface area contributed by atoms with Crippen molar-refractivity contribution in [3.05, 3.63) is 70.8 Å². The second kappa shape index (κ2) is 10.2. The number of nitrogens with two attached hydrogens (primary N) is 1. The fourth-order valence-corrected chi connectivity index (χ4v) is 7.07. The van der Waals surface area contributed by atoms with Crippen molar-refractivity contribution in [3.63, 3.8) is 0 Å². The van der Waals surface area contributed by atoms with Crippen molar-refractivity contribution in [1.82, 2.24) is 29.4 Å². The minimum atomic E-state index is -4.66. The molecule has 2 amide bonds. The number of rotatable bonds is 5. The number of nitrogen functional groups attached to an aromatic ring is 1. The quantitative estimate of drug-likeness (QED) is 0.227. The van der Waals surface area contributed by atoms with Crippen LogP contribution < -0.4 is 11.1 Å². The number of benzene rings is 1. The third kappa shape index (κ3) is 4.87. The summed E-state index contributed by atoms with van der Waals surface area (Å²) in [7, 11) is 0. The first-order valence-corrected chi connectivity index (χ1v) is 15.0. The van der Waals surface area contributed by atoms with Gasteiger partial charge in [0.15, 0.2) is 5.69 Å². The van der Waals surface area contributed by atoms with Gasteiger partial charge in [-0.25, -0.2) is 15.0 Å². The van der Waals surface area contributed by atoms with Crippen LogP contribution in [0.5, 0.6) is 0 Å². The molecule has 1 saturated carbocycles. The van der Waals surface area contributed by atoms with Gasteiger partial charge in [0.2, 0.25) is 11.8 Å². The summed E-state index contributed by atoms with van der Waals surface area (Å²) in [5.74, 6) is -0.107. The summed E-state index contributed by atoms with van der Waals surface area (Å²) in [5, 5.41) is 3.77. The van der Waals surface area contributed by atoms with E-state index in [4.69, 9.17) is 5.73 Å². The lowest BCUT2D eigenvalue weighted by molar-refractivity contribution is -0.140. The normalized spacial score (nSPS) is 20.9. The van der Waals surface area contributed by atoms with Crippen LogP contribution in [0, 0.1) is 12.3 Å². The highest BCUT2D eigenvalue weighted by Gasteiger charge is 2.64. The molecule has 1 aromatic carbocycles. The third-order valence-electron chi connectivity index (χ3n) is 8.82. The van der Waals surface area contributed by atoms with E-state index in [1.165, 1.54) is 18.5 Å². The van der Waals surface area contributed by atoms with Crippen LogP contribution in [-0.4, -0.2) is 53.3 Å². The molecule has 45 heavy (non-hydrogen) atoms. The minimum absolute atomic E-state index is 0.0822. The number of aryl methyl sites for hydroxylation is 1. The summed E-state index contributed by atoms with van der Waals surface area (Å²) in [6.07, 6.45) is -0.973. The molecule has 0 spiro atoms. The van der Waals surface area contributed by atoms with Gasteiger partial charge in [0, 0.05) is 23.2 Å². The maximum Gasteiger partial charge on any atom is 0.433 e. The van der Waals surface area contributed by atoms with Crippen LogP contribution in [0.3, 0.4) is 0 Å². The minimum Gasteiger partial charge on any atom is -0.383 e. The number of carbonyl (C=O) groups is 2. The van der Waals surface area contributed by atoms with Crippen LogP contribution >= 0.6 is 15.9 Å². The van der Waals surface area contributed by atoms with Crippen LogP contribution in [0.25, 0.3) is 33.1 Å². The van der Waals surface area contributed by atoms with Crippen molar-refractivity contribution in [3.8, 4) is 11.1 Å². The number of nitrogens with zero attached hydrogens (tertiary/aromatic N) is 6. The van der Waals surface area contributed by atoms with E-state index in [0.29, 0.717) is 49.9 Å². The first-order chi connectivity index (χ1) is 21.4. The zero-order chi connectivity index (χ0) is 31.8. The number of nitrogens with one attached hydrogen (secondary N) is 1. The van der Waals surface area contributed by atoms with Crippen LogP contribution in [0.15, 0.2) is 59.6 Å². The molecule has 1 saturated heterocycles. The molecule has 1 unspecified atom stereocenters. The molecule has 7 rings (SSSR count). The number of alkyl halides is 3. The number of halogens is 4. The number of hydrogen-bond acceptors (Lipinski definition) is 7. The molecule has 1 aliphatic carbocycles. The zero-order valence-electron chi connectivity index (χ0n) is 24.1. The van der Waals surface area contributed by atoms with Crippen molar-refractivity contribution >= 4 is 61.3 Å². The summed E-state index contributed by atoms with van der Waals surface area (Å²) < 4.78 is 43.9. The molecule has 2 fully saturated rings. The summed E-state index contributed by atoms with van der Waals surface area (Å²) >= 11 is 3.31. The molecule has 3 N–H and O–H groups in total. The highest BCUT2D eigenvalue weighted by atomic mass is 79.9. The summed E-state index contributed by atoms with van der Waals surface area (Å²) in [6.45, 7) is 3.66. The Labute approximate surface area is 263 Å². The Bertz CT molecular complexity index is 2050. The second-order valence-electron chi connectivity index (χ2n) is 11.9. The molecule has 5 aromatic rings. The molecule has 10 nitrogen and oxygen atoms in total. The molecule has 230 valence electrons. The number of anilines is 2. The Kier molecular flexibility index (Phi) is 6.62. The van der Waals surface area contributed by atoms with Crippen LogP contribution in [0.4, 0.5) is 24.8 Å². The van der Waals surface area contributed by atoms with E-state index in [2.05, 4.69) is 48.1 Å². The maximum absolute atomic E-state index is 14.1. The first kappa shape index (κ1) is 29.1. The maximum atomic E-state index is 14.1. The van der Waals surface area contributed by atoms with E-state index in [-0.39, 0.29) is 41.2 Å². The lowest BCUT2D eigenvalue weighted by atomic mass is 9.98. The van der Waals surface area contributed by atoms with Gasteiger partial charge in [-0.15, -0.1) is 0 Å². The highest BCUT2D eigenvalue weighted by molar-refractivity contribution is 9.10. The van der Waals surface area contributed by atoms with E-state index in [1.54, 1.807) is 46.7 Å². The predicted octanol–water partition coefficient (Wildman–Crippen LogP) is 5.73. The average molecular weight is 680 g/mol. The fraction of sp³-hybridized carbons (Fsp3) is 0.290. The van der Waals surface area contributed by atoms with E-state index >= 15 is 0 Å². The molecule has 3 atom stereocenters. The second-order valence-corrected chi connectivity index (χ2v) is 12.7. The van der Waals surface area contributed by atoms with Gasteiger partial charge in [-0.3, -0.25) is 14.6 Å². The Morgan fingerprint density at radius 2 is 1.93 bits per heavy atom. The van der Waals surface area contributed by atoms with E-state index < -0.39 is 17.9 Å². The number of carbonyl (C=O) groups excluding carboxylic acids is 2. The van der Waals surface area contributed by atoms with Gasteiger partial charge in [-0.05, 0) is 82.6 Å². The van der Waals surface area contributed by atoms with E-state index in [0.717, 1.165) is 12.6 Å². The lowest BCUT2D eigenvalue weighted by Crippen LogP contribution is -2.46. The molecule has 4 aromatic heterocycles. The van der Waals surface area contributed by atoms with Gasteiger partial charge in [-0.2, -0.15) is 13.2 Å². The Hall–Kier alpha value is -4.59. The monoisotopic (exact) mass is 678 g/mol. The number of aromatic nitrogens is 5. The average Bonchev–Trinajstić information content (AvgIpc) is 3.38. The number of amides is 2. The number of hydrogen-bond donors (Lipinski definition) is 2. The number of fused-ring (bicyclic) bond motifs is 4. The van der Waals surface area contributed by atoms with Crippen molar-refractivity contribution in [1.29, 1.82) is 0 Å². The Morgan fingerprint density at radius 3 is 2.69 bits per heavy atom. The first-order valence-electron chi connectivity index (χ1n) is 14.2. The van der Waals surface area contributed by atoms with Crippen LogP contribution in [0.2, 0.25) is 0 Å². The van der Waals surface area contributed by atoms with Crippen molar-refractivity contribution in [2.24, 2.45) is 5.41 Å².